The molecule has 1 aromatic heterocycles. The van der Waals surface area contributed by atoms with Crippen LogP contribution in [0.5, 0.6) is 0 Å². The molecule has 3 rings (SSSR count). The predicted octanol–water partition coefficient (Wildman–Crippen LogP) is 0.135. The summed E-state index contributed by atoms with van der Waals surface area (Å²) in [4.78, 5) is 14.0. The van der Waals surface area contributed by atoms with Crippen molar-refractivity contribution in [3.8, 4) is 5.69 Å². The second kappa shape index (κ2) is 7.16. The number of urea groups is 1. The van der Waals surface area contributed by atoms with E-state index in [0.29, 0.717) is 32.0 Å². The molecule has 0 bridgehead atoms. The van der Waals surface area contributed by atoms with Crippen molar-refractivity contribution in [3.63, 3.8) is 0 Å². The van der Waals surface area contributed by atoms with E-state index in [1.165, 1.54) is 11.0 Å². The van der Waals surface area contributed by atoms with E-state index in [2.05, 4.69) is 20.8 Å². The van der Waals surface area contributed by atoms with Crippen molar-refractivity contribution in [3.05, 3.63) is 30.6 Å². The Morgan fingerprint density at radius 2 is 2.22 bits per heavy atom. The van der Waals surface area contributed by atoms with Gasteiger partial charge >= 0.3 is 6.03 Å². The van der Waals surface area contributed by atoms with Crippen LogP contribution in [0, 0.1) is 5.92 Å². The van der Waals surface area contributed by atoms with Crippen molar-refractivity contribution in [1.29, 1.82) is 0 Å². The summed E-state index contributed by atoms with van der Waals surface area (Å²) in [6, 6.07) is 6.99. The number of hydrogen-bond acceptors (Lipinski definition) is 6. The lowest BCUT2D eigenvalue weighted by Gasteiger charge is -2.23. The zero-order valence-corrected chi connectivity index (χ0v) is 12.5. The molecule has 2 aromatic rings. The Balaban J connectivity index is 1.63. The van der Waals surface area contributed by atoms with E-state index in [1.807, 2.05) is 12.1 Å². The molecule has 2 heterocycles. The molecular formula is C14H18N6O3. The molecule has 1 aromatic carbocycles. The van der Waals surface area contributed by atoms with E-state index in [1.54, 1.807) is 17.0 Å². The number of nitrogens with one attached hydrogen (secondary N) is 1. The largest absolute Gasteiger partial charge is 0.396 e. The van der Waals surface area contributed by atoms with E-state index >= 15 is 0 Å². The highest BCUT2D eigenvalue weighted by Crippen LogP contribution is 2.14. The Bertz CT molecular complexity index is 630. The fourth-order valence-electron chi connectivity index (χ4n) is 2.35. The average molecular weight is 318 g/mol. The lowest BCUT2D eigenvalue weighted by Crippen LogP contribution is -2.39. The summed E-state index contributed by atoms with van der Waals surface area (Å²) >= 11 is 0. The number of anilines is 1. The number of carbonyl (C=O) groups excluding carboxylic acids is 1. The van der Waals surface area contributed by atoms with Gasteiger partial charge in [-0.2, -0.15) is 0 Å². The second-order valence-corrected chi connectivity index (χ2v) is 5.30. The standard InChI is InChI=1S/C14H18N6O3/c21-8-11-7-19(5-6-23-9-11)14(22)16-12-1-3-13(4-2-12)20-10-15-17-18-20/h1-4,10-11,21H,5-9H2,(H,16,22)/t11-/m1/s1. The number of nitrogens with zero attached hydrogens (tertiary/aromatic N) is 5. The third kappa shape index (κ3) is 3.82. The maximum Gasteiger partial charge on any atom is 0.321 e. The van der Waals surface area contributed by atoms with Crippen LogP contribution >= 0.6 is 0 Å². The highest BCUT2D eigenvalue weighted by molar-refractivity contribution is 5.89. The van der Waals surface area contributed by atoms with Gasteiger partial charge in [-0.3, -0.25) is 0 Å². The lowest BCUT2D eigenvalue weighted by molar-refractivity contribution is 0.0958. The van der Waals surface area contributed by atoms with Crippen molar-refractivity contribution in [1.82, 2.24) is 25.1 Å². The van der Waals surface area contributed by atoms with Gasteiger partial charge in [-0.1, -0.05) is 0 Å². The minimum atomic E-state index is -0.205. The summed E-state index contributed by atoms with van der Waals surface area (Å²) in [6.07, 6.45) is 1.50. The van der Waals surface area contributed by atoms with Crippen LogP contribution in [-0.2, 0) is 4.74 Å². The molecule has 1 aliphatic heterocycles. The van der Waals surface area contributed by atoms with Gasteiger partial charge in [0.2, 0.25) is 0 Å². The molecule has 122 valence electrons. The van der Waals surface area contributed by atoms with Gasteiger partial charge < -0.3 is 20.1 Å². The molecule has 0 saturated carbocycles. The zero-order valence-electron chi connectivity index (χ0n) is 12.5. The maximum absolute atomic E-state index is 12.3. The summed E-state index contributed by atoms with van der Waals surface area (Å²) in [5.41, 5.74) is 1.48. The number of benzene rings is 1. The molecule has 2 amide bonds. The Hall–Kier alpha value is -2.52. The number of carbonyl (C=O) groups is 1. The van der Waals surface area contributed by atoms with Crippen molar-refractivity contribution in [2.24, 2.45) is 5.92 Å². The van der Waals surface area contributed by atoms with Gasteiger partial charge in [0.1, 0.15) is 6.33 Å². The molecule has 23 heavy (non-hydrogen) atoms. The van der Waals surface area contributed by atoms with Crippen LogP contribution in [0.2, 0.25) is 0 Å². The molecule has 0 spiro atoms. The predicted molar refractivity (Wildman–Crippen MR) is 81.1 cm³/mol. The van der Waals surface area contributed by atoms with E-state index in [-0.39, 0.29) is 18.6 Å². The quantitative estimate of drug-likeness (QED) is 0.833. The van der Waals surface area contributed by atoms with Crippen molar-refractivity contribution >= 4 is 11.7 Å². The smallest absolute Gasteiger partial charge is 0.321 e. The summed E-state index contributed by atoms with van der Waals surface area (Å²) in [7, 11) is 0. The van der Waals surface area contributed by atoms with Gasteiger partial charge in [0.15, 0.2) is 0 Å². The fraction of sp³-hybridized carbons (Fsp3) is 0.429. The molecular weight excluding hydrogens is 300 g/mol. The summed E-state index contributed by atoms with van der Waals surface area (Å²) in [6.45, 7) is 1.93. The molecule has 1 saturated heterocycles. The molecule has 1 aliphatic rings. The average Bonchev–Trinajstić information content (AvgIpc) is 3.00. The topological polar surface area (TPSA) is 105 Å². The Kier molecular flexibility index (Phi) is 4.79. The molecule has 0 radical (unpaired) electrons. The first-order valence-electron chi connectivity index (χ1n) is 7.34. The minimum Gasteiger partial charge on any atom is -0.396 e. The summed E-state index contributed by atoms with van der Waals surface area (Å²) in [5.74, 6) is -0.0505. The van der Waals surface area contributed by atoms with Gasteiger partial charge in [-0.05, 0) is 34.7 Å². The second-order valence-electron chi connectivity index (χ2n) is 5.30. The van der Waals surface area contributed by atoms with Crippen LogP contribution < -0.4 is 5.32 Å². The fourth-order valence-corrected chi connectivity index (χ4v) is 2.35. The first kappa shape index (κ1) is 15.4. The van der Waals surface area contributed by atoms with Crippen LogP contribution in [0.15, 0.2) is 30.6 Å². The number of aromatic nitrogens is 4. The third-order valence-corrected chi connectivity index (χ3v) is 3.62. The normalized spacial score (nSPS) is 18.5. The van der Waals surface area contributed by atoms with Crippen molar-refractivity contribution in [2.75, 3.05) is 38.2 Å². The minimum absolute atomic E-state index is 0.00438. The Morgan fingerprint density at radius 1 is 1.39 bits per heavy atom. The monoisotopic (exact) mass is 318 g/mol. The van der Waals surface area contributed by atoms with Crippen LogP contribution in [0.3, 0.4) is 0 Å². The number of amides is 2. The number of hydrogen-bond donors (Lipinski definition) is 2. The van der Waals surface area contributed by atoms with Crippen LogP contribution in [0.4, 0.5) is 10.5 Å². The van der Waals surface area contributed by atoms with E-state index in [9.17, 15) is 9.90 Å². The number of ether oxygens (including phenoxy) is 1. The SMILES string of the molecule is O=C(Nc1ccc(-n2cnnn2)cc1)N1CCOC[C@@H](CO)C1. The zero-order chi connectivity index (χ0) is 16.1. The molecule has 0 aliphatic carbocycles. The first-order chi connectivity index (χ1) is 11.3. The van der Waals surface area contributed by atoms with Crippen molar-refractivity contribution in [2.45, 2.75) is 0 Å². The maximum atomic E-state index is 12.3. The molecule has 9 nitrogen and oxygen atoms in total. The summed E-state index contributed by atoms with van der Waals surface area (Å²) < 4.78 is 6.91. The van der Waals surface area contributed by atoms with E-state index in [0.717, 1.165) is 5.69 Å². The molecule has 1 atom stereocenters. The van der Waals surface area contributed by atoms with Gasteiger partial charge in [0.05, 0.1) is 18.9 Å². The van der Waals surface area contributed by atoms with E-state index in [4.69, 9.17) is 4.74 Å². The molecule has 0 unspecified atom stereocenters. The molecule has 9 heteroatoms. The number of aliphatic hydroxyl groups is 1. The Labute approximate surface area is 132 Å². The number of tetrazole rings is 1. The summed E-state index contributed by atoms with van der Waals surface area (Å²) in [5, 5.41) is 23.1. The first-order valence-corrected chi connectivity index (χ1v) is 7.34. The van der Waals surface area contributed by atoms with Gasteiger partial charge in [0, 0.05) is 31.3 Å². The number of rotatable bonds is 3. The highest BCUT2D eigenvalue weighted by atomic mass is 16.5. The highest BCUT2D eigenvalue weighted by Gasteiger charge is 2.22. The van der Waals surface area contributed by atoms with Crippen molar-refractivity contribution < 1.29 is 14.6 Å². The Morgan fingerprint density at radius 3 is 2.91 bits per heavy atom. The lowest BCUT2D eigenvalue weighted by atomic mass is 10.2. The number of aliphatic hydroxyl groups excluding tert-OH is 1. The van der Waals surface area contributed by atoms with Gasteiger partial charge in [-0.25, -0.2) is 9.48 Å². The van der Waals surface area contributed by atoms with Gasteiger partial charge in [-0.15, -0.1) is 5.10 Å². The van der Waals surface area contributed by atoms with Gasteiger partial charge in [0.25, 0.3) is 0 Å². The molecule has 2 N–H and O–H groups in total. The van der Waals surface area contributed by atoms with Crippen LogP contribution in [0.25, 0.3) is 5.69 Å². The molecule has 1 fully saturated rings. The third-order valence-electron chi connectivity index (χ3n) is 3.62. The van der Waals surface area contributed by atoms with Crippen LogP contribution in [0.1, 0.15) is 0 Å². The van der Waals surface area contributed by atoms with Crippen LogP contribution in [-0.4, -0.2) is 69.2 Å². The van der Waals surface area contributed by atoms with E-state index < -0.39 is 0 Å².